The third-order valence-corrected chi connectivity index (χ3v) is 5.33. The third-order valence-electron chi connectivity index (χ3n) is 1.46. The molecule has 0 saturated heterocycles. The molecule has 0 bridgehead atoms. The number of halogens is 3. The van der Waals surface area contributed by atoms with Crippen LogP contribution in [0.3, 0.4) is 0 Å². The van der Waals surface area contributed by atoms with Gasteiger partial charge in [-0.25, -0.2) is 0 Å². The molecule has 0 saturated carbocycles. The zero-order chi connectivity index (χ0) is 9.73. The van der Waals surface area contributed by atoms with E-state index in [-0.39, 0.29) is 0 Å². The van der Waals surface area contributed by atoms with Crippen LogP contribution in [-0.2, 0) is 0 Å². The molecule has 0 aliphatic carbocycles. The number of hydrogen-bond acceptors (Lipinski definition) is 0. The molecule has 1 rings (SSSR count). The first-order valence-corrected chi connectivity index (χ1v) is 13.6. The second-order valence-electron chi connectivity index (χ2n) is 2.63. The third kappa shape index (κ3) is 5.63. The molecule has 13 heavy (non-hydrogen) atoms. The Labute approximate surface area is 93.4 Å². The van der Waals surface area contributed by atoms with Gasteiger partial charge >= 0.3 is 93.8 Å². The SMILES string of the molecule is [Cl][Ge]([Cl])([Cl])[CH2]C=Cc1ccccc1. The van der Waals surface area contributed by atoms with Crippen molar-refractivity contribution in [3.63, 3.8) is 0 Å². The van der Waals surface area contributed by atoms with Gasteiger partial charge in [0.1, 0.15) is 0 Å². The molecule has 0 amide bonds. The van der Waals surface area contributed by atoms with Crippen LogP contribution in [0.25, 0.3) is 6.08 Å². The molecule has 0 heterocycles. The fourth-order valence-corrected chi connectivity index (χ4v) is 3.09. The summed E-state index contributed by atoms with van der Waals surface area (Å²) in [5.41, 5.74) is 1.14. The van der Waals surface area contributed by atoms with Crippen LogP contribution in [0.1, 0.15) is 5.56 Å². The predicted molar refractivity (Wildman–Crippen MR) is 63.6 cm³/mol. The Bertz CT molecular complexity index is 277. The summed E-state index contributed by atoms with van der Waals surface area (Å²) in [5, 5.41) is 0.611. The summed E-state index contributed by atoms with van der Waals surface area (Å²) in [5.74, 6) is 0. The second-order valence-corrected chi connectivity index (χ2v) is 19.1. The maximum absolute atomic E-state index is 5.77. The first-order valence-electron chi connectivity index (χ1n) is 3.86. The van der Waals surface area contributed by atoms with Crippen LogP contribution >= 0.6 is 30.0 Å². The number of allylic oxidation sites excluding steroid dienone is 1. The standard InChI is InChI=1S/C9H9Cl3Ge/c10-13(11,12)8-4-7-9-5-2-1-3-6-9/h1-7H,8H2. The summed E-state index contributed by atoms with van der Waals surface area (Å²) in [6.07, 6.45) is 3.91. The first kappa shape index (κ1) is 11.4. The molecule has 0 atom stereocenters. The normalized spacial score (nSPS) is 12.2. The molecule has 1 aromatic rings. The van der Waals surface area contributed by atoms with Crippen LogP contribution in [0.2, 0.25) is 5.25 Å². The summed E-state index contributed by atoms with van der Waals surface area (Å²) in [7, 11) is 14.4. The van der Waals surface area contributed by atoms with Crippen molar-refractivity contribution in [2.45, 2.75) is 5.25 Å². The Hall–Kier alpha value is 0.373. The summed E-state index contributed by atoms with van der Waals surface area (Å²) < 4.78 is 0. The molecule has 0 aromatic heterocycles. The minimum absolute atomic E-state index is 0.611. The Morgan fingerprint density at radius 1 is 1.08 bits per heavy atom. The zero-order valence-electron chi connectivity index (χ0n) is 6.88. The molecule has 0 aliphatic rings. The molecule has 0 aliphatic heterocycles. The fraction of sp³-hybridized carbons (Fsp3) is 0.111. The van der Waals surface area contributed by atoms with Crippen molar-refractivity contribution in [2.75, 3.05) is 0 Å². The van der Waals surface area contributed by atoms with Crippen LogP contribution in [0, 0.1) is 0 Å². The van der Waals surface area contributed by atoms with Crippen LogP contribution in [0.4, 0.5) is 0 Å². The monoisotopic (exact) mass is 296 g/mol. The molecule has 70 valence electrons. The molecule has 0 spiro atoms. The molecule has 1 aromatic carbocycles. The molecular weight excluding hydrogens is 287 g/mol. The van der Waals surface area contributed by atoms with Gasteiger partial charge < -0.3 is 0 Å². The van der Waals surface area contributed by atoms with Crippen LogP contribution in [0.5, 0.6) is 0 Å². The Balaban J connectivity index is 2.51. The zero-order valence-corrected chi connectivity index (χ0v) is 11.2. The van der Waals surface area contributed by atoms with Crippen molar-refractivity contribution in [1.29, 1.82) is 0 Å². The topological polar surface area (TPSA) is 0 Å². The molecular formula is C9H9Cl3Ge. The summed E-state index contributed by atoms with van der Waals surface area (Å²) in [4.78, 5) is 0. The van der Waals surface area contributed by atoms with Crippen molar-refractivity contribution >= 4 is 46.6 Å². The summed E-state index contributed by atoms with van der Waals surface area (Å²) >= 11 is 0. The average Bonchev–Trinajstić information content (AvgIpc) is 2.04. The van der Waals surface area contributed by atoms with Gasteiger partial charge in [-0.1, -0.05) is 0 Å². The van der Waals surface area contributed by atoms with Crippen LogP contribution in [-0.4, -0.2) is 10.5 Å². The Morgan fingerprint density at radius 2 is 1.69 bits per heavy atom. The number of benzene rings is 1. The van der Waals surface area contributed by atoms with E-state index in [0.717, 1.165) is 5.56 Å². The number of hydrogen-bond donors (Lipinski definition) is 0. The van der Waals surface area contributed by atoms with E-state index in [1.54, 1.807) is 0 Å². The first-order chi connectivity index (χ1) is 6.08. The predicted octanol–water partition coefficient (Wildman–Crippen LogP) is 4.36. The molecule has 4 heteroatoms. The van der Waals surface area contributed by atoms with Crippen molar-refractivity contribution < 1.29 is 0 Å². The van der Waals surface area contributed by atoms with Crippen molar-refractivity contribution in [2.24, 2.45) is 0 Å². The van der Waals surface area contributed by atoms with Gasteiger partial charge in [-0.3, -0.25) is 0 Å². The van der Waals surface area contributed by atoms with Crippen LogP contribution < -0.4 is 0 Å². The molecule has 0 fully saturated rings. The number of rotatable bonds is 3. The van der Waals surface area contributed by atoms with E-state index in [1.165, 1.54) is 0 Å². The van der Waals surface area contributed by atoms with E-state index in [1.807, 2.05) is 42.5 Å². The molecule has 0 N–H and O–H groups in total. The summed E-state index contributed by atoms with van der Waals surface area (Å²) in [6, 6.07) is 9.97. The van der Waals surface area contributed by atoms with Crippen molar-refractivity contribution in [3.05, 3.63) is 42.0 Å². The van der Waals surface area contributed by atoms with Gasteiger partial charge in [0.15, 0.2) is 0 Å². The van der Waals surface area contributed by atoms with Crippen LogP contribution in [0.15, 0.2) is 36.4 Å². The maximum atomic E-state index is 5.77. The van der Waals surface area contributed by atoms with Gasteiger partial charge in [0.2, 0.25) is 0 Å². The fourth-order valence-electron chi connectivity index (χ4n) is 0.893. The van der Waals surface area contributed by atoms with E-state index in [9.17, 15) is 0 Å². The quantitative estimate of drug-likeness (QED) is 0.727. The molecule has 0 nitrogen and oxygen atoms in total. The van der Waals surface area contributed by atoms with E-state index >= 15 is 0 Å². The van der Waals surface area contributed by atoms with E-state index < -0.39 is 10.5 Å². The second kappa shape index (κ2) is 5.30. The van der Waals surface area contributed by atoms with E-state index in [2.05, 4.69) is 0 Å². The Morgan fingerprint density at radius 3 is 2.23 bits per heavy atom. The van der Waals surface area contributed by atoms with Gasteiger partial charge in [-0.2, -0.15) is 0 Å². The summed E-state index contributed by atoms with van der Waals surface area (Å²) in [6.45, 7) is 0. The average molecular weight is 296 g/mol. The molecule has 0 radical (unpaired) electrons. The van der Waals surface area contributed by atoms with Gasteiger partial charge in [0, 0.05) is 0 Å². The Kier molecular flexibility index (Phi) is 4.67. The van der Waals surface area contributed by atoms with Gasteiger partial charge in [0.25, 0.3) is 0 Å². The van der Waals surface area contributed by atoms with E-state index in [0.29, 0.717) is 5.25 Å². The van der Waals surface area contributed by atoms with E-state index in [4.69, 9.17) is 30.0 Å². The van der Waals surface area contributed by atoms with Gasteiger partial charge in [-0.05, 0) is 0 Å². The van der Waals surface area contributed by atoms with Crippen molar-refractivity contribution in [1.82, 2.24) is 0 Å². The van der Waals surface area contributed by atoms with Gasteiger partial charge in [0.05, 0.1) is 0 Å². The molecule has 0 unspecified atom stereocenters. The van der Waals surface area contributed by atoms with Crippen molar-refractivity contribution in [3.8, 4) is 0 Å². The minimum atomic E-state index is -2.93. The van der Waals surface area contributed by atoms with Gasteiger partial charge in [-0.15, -0.1) is 0 Å².